The van der Waals surface area contributed by atoms with Crippen molar-refractivity contribution in [3.05, 3.63) is 71.2 Å². The minimum absolute atomic E-state index is 0. The first-order valence-electron chi connectivity index (χ1n) is 7.78. The van der Waals surface area contributed by atoms with Gasteiger partial charge in [0.1, 0.15) is 0 Å². The molecule has 134 valence electrons. The molecule has 0 radical (unpaired) electrons. The molecule has 3 rings (SSSR count). The summed E-state index contributed by atoms with van der Waals surface area (Å²) in [6, 6.07) is 5.81. The summed E-state index contributed by atoms with van der Waals surface area (Å²) in [5.74, 6) is 0. The molecule has 25 heavy (non-hydrogen) atoms. The van der Waals surface area contributed by atoms with Crippen LogP contribution >= 0.6 is 35.6 Å². The molecule has 0 saturated heterocycles. The van der Waals surface area contributed by atoms with Crippen LogP contribution in [0.15, 0.2) is 55.6 Å². The van der Waals surface area contributed by atoms with Crippen molar-refractivity contribution in [3.8, 4) is 0 Å². The van der Waals surface area contributed by atoms with E-state index < -0.39 is 0 Å². The van der Waals surface area contributed by atoms with Crippen molar-refractivity contribution < 1.29 is 0 Å². The third kappa shape index (κ3) is 6.04. The molecule has 1 aromatic carbocycles. The Bertz CT molecular complexity index is 706. The zero-order chi connectivity index (χ0) is 16.8. The van der Waals surface area contributed by atoms with Crippen LogP contribution in [0.2, 0.25) is 10.0 Å². The van der Waals surface area contributed by atoms with Crippen LogP contribution < -0.4 is 0 Å². The minimum atomic E-state index is 0. The van der Waals surface area contributed by atoms with E-state index in [-0.39, 0.29) is 12.4 Å². The molecule has 0 fully saturated rings. The maximum Gasteiger partial charge on any atom is 0.0946 e. The monoisotopic (exact) mass is 399 g/mol. The van der Waals surface area contributed by atoms with Gasteiger partial charge in [-0.05, 0) is 17.7 Å². The highest BCUT2D eigenvalue weighted by Gasteiger charge is 2.08. The molecule has 0 N–H and O–H groups in total. The van der Waals surface area contributed by atoms with Gasteiger partial charge in [-0.2, -0.15) is 0 Å². The molecule has 0 unspecified atom stereocenters. The van der Waals surface area contributed by atoms with Crippen LogP contribution in [0.5, 0.6) is 0 Å². The summed E-state index contributed by atoms with van der Waals surface area (Å²) in [6.07, 6.45) is 11.2. The Kier molecular flexibility index (Phi) is 7.78. The second-order valence-corrected chi connectivity index (χ2v) is 6.44. The van der Waals surface area contributed by atoms with Gasteiger partial charge in [0.05, 0.1) is 22.7 Å². The van der Waals surface area contributed by atoms with Gasteiger partial charge in [-0.3, -0.25) is 4.90 Å². The Morgan fingerprint density at radius 3 is 1.96 bits per heavy atom. The third-order valence-electron chi connectivity index (χ3n) is 3.86. The third-order valence-corrected chi connectivity index (χ3v) is 4.60. The first-order chi connectivity index (χ1) is 11.7. The first kappa shape index (κ1) is 19.8. The highest BCUT2D eigenvalue weighted by Crippen LogP contribution is 2.23. The number of hydrogen-bond donors (Lipinski definition) is 0. The van der Waals surface area contributed by atoms with Gasteiger partial charge >= 0.3 is 0 Å². The Hall–Kier alpha value is -1.53. The lowest BCUT2D eigenvalue weighted by Gasteiger charge is -2.23. The molecule has 0 bridgehead atoms. The largest absolute Gasteiger partial charge is 0.336 e. The highest BCUT2D eigenvalue weighted by atomic mass is 35.5. The zero-order valence-corrected chi connectivity index (χ0v) is 16.0. The van der Waals surface area contributed by atoms with Crippen LogP contribution in [0.4, 0.5) is 0 Å². The van der Waals surface area contributed by atoms with Crippen molar-refractivity contribution in [2.45, 2.75) is 19.6 Å². The second kappa shape index (κ2) is 9.82. The van der Waals surface area contributed by atoms with E-state index in [1.807, 2.05) is 43.2 Å². The fourth-order valence-corrected chi connectivity index (χ4v) is 2.84. The normalized spacial score (nSPS) is 10.8. The van der Waals surface area contributed by atoms with E-state index in [4.69, 9.17) is 23.2 Å². The molecular formula is C17H20Cl3N5. The van der Waals surface area contributed by atoms with E-state index in [1.165, 1.54) is 0 Å². The molecule has 0 amide bonds. The summed E-state index contributed by atoms with van der Waals surface area (Å²) in [5.41, 5.74) is 1.15. The lowest BCUT2D eigenvalue weighted by atomic mass is 10.2. The molecule has 8 heteroatoms. The summed E-state index contributed by atoms with van der Waals surface area (Å²) in [5, 5.41) is 1.18. The lowest BCUT2D eigenvalue weighted by Crippen LogP contribution is -2.30. The zero-order valence-electron chi connectivity index (χ0n) is 13.6. The predicted molar refractivity (Wildman–Crippen MR) is 103 cm³/mol. The highest BCUT2D eigenvalue weighted by molar-refractivity contribution is 6.42. The molecule has 2 heterocycles. The van der Waals surface area contributed by atoms with Gasteiger partial charge in [-0.25, -0.2) is 9.97 Å². The molecule has 0 spiro atoms. The number of aromatic nitrogens is 4. The molecule has 5 nitrogen and oxygen atoms in total. The average Bonchev–Trinajstić information content (AvgIpc) is 3.27. The van der Waals surface area contributed by atoms with Crippen LogP contribution in [0.1, 0.15) is 5.56 Å². The molecule has 0 saturated carbocycles. The van der Waals surface area contributed by atoms with Gasteiger partial charge in [0.2, 0.25) is 0 Å². The van der Waals surface area contributed by atoms with Crippen molar-refractivity contribution in [2.24, 2.45) is 0 Å². The molecule has 0 aliphatic rings. The Labute approximate surface area is 163 Å². The number of benzene rings is 1. The van der Waals surface area contributed by atoms with Gasteiger partial charge in [-0.1, -0.05) is 29.3 Å². The van der Waals surface area contributed by atoms with E-state index >= 15 is 0 Å². The smallest absolute Gasteiger partial charge is 0.0946 e. The number of hydrogen-bond acceptors (Lipinski definition) is 3. The van der Waals surface area contributed by atoms with E-state index in [2.05, 4.69) is 24.0 Å². The summed E-state index contributed by atoms with van der Waals surface area (Å²) in [7, 11) is 0. The Morgan fingerprint density at radius 1 is 0.880 bits per heavy atom. The van der Waals surface area contributed by atoms with E-state index in [0.29, 0.717) is 10.0 Å². The standard InChI is InChI=1S/C17H19Cl2N5.ClH/c18-16-2-1-15(11-17(16)19)12-22(7-9-23-5-3-20-13-23)8-10-24-6-4-21-14-24;/h1-6,11,13-14H,7-10,12H2;1H. The molecule has 2 aromatic heterocycles. The van der Waals surface area contributed by atoms with Crippen molar-refractivity contribution in [1.82, 2.24) is 24.0 Å². The summed E-state index contributed by atoms with van der Waals surface area (Å²) in [4.78, 5) is 10.6. The molecule has 3 aromatic rings. The lowest BCUT2D eigenvalue weighted by molar-refractivity contribution is 0.244. The summed E-state index contributed by atoms with van der Waals surface area (Å²) < 4.78 is 4.16. The quantitative estimate of drug-likeness (QED) is 0.573. The van der Waals surface area contributed by atoms with Crippen LogP contribution in [-0.2, 0) is 19.6 Å². The van der Waals surface area contributed by atoms with Crippen LogP contribution in [0.25, 0.3) is 0 Å². The van der Waals surface area contributed by atoms with Gasteiger partial charge in [0, 0.05) is 57.5 Å². The van der Waals surface area contributed by atoms with E-state index in [1.54, 1.807) is 12.4 Å². The maximum atomic E-state index is 6.14. The van der Waals surface area contributed by atoms with Gasteiger partial charge < -0.3 is 9.13 Å². The number of nitrogens with zero attached hydrogens (tertiary/aromatic N) is 5. The van der Waals surface area contributed by atoms with E-state index in [0.717, 1.165) is 38.3 Å². The van der Waals surface area contributed by atoms with Crippen molar-refractivity contribution in [3.63, 3.8) is 0 Å². The van der Waals surface area contributed by atoms with Gasteiger partial charge in [0.15, 0.2) is 0 Å². The van der Waals surface area contributed by atoms with Crippen LogP contribution in [-0.4, -0.2) is 37.1 Å². The Morgan fingerprint density at radius 2 is 1.48 bits per heavy atom. The SMILES string of the molecule is Cl.Clc1ccc(CN(CCn2ccnc2)CCn2ccnc2)cc1Cl. The average molecular weight is 401 g/mol. The van der Waals surface area contributed by atoms with E-state index in [9.17, 15) is 0 Å². The molecule has 0 aliphatic carbocycles. The second-order valence-electron chi connectivity index (χ2n) is 5.63. The van der Waals surface area contributed by atoms with Crippen molar-refractivity contribution >= 4 is 35.6 Å². The van der Waals surface area contributed by atoms with Gasteiger partial charge in [-0.15, -0.1) is 12.4 Å². The number of imidazole rings is 2. The summed E-state index contributed by atoms with van der Waals surface area (Å²) >= 11 is 12.1. The Balaban J connectivity index is 0.00000225. The van der Waals surface area contributed by atoms with Crippen molar-refractivity contribution in [1.29, 1.82) is 0 Å². The fourth-order valence-electron chi connectivity index (χ4n) is 2.52. The maximum absolute atomic E-state index is 6.14. The number of rotatable bonds is 8. The van der Waals surface area contributed by atoms with Crippen LogP contribution in [0.3, 0.4) is 0 Å². The van der Waals surface area contributed by atoms with Crippen molar-refractivity contribution in [2.75, 3.05) is 13.1 Å². The summed E-state index contributed by atoms with van der Waals surface area (Å²) in [6.45, 7) is 4.45. The topological polar surface area (TPSA) is 38.9 Å². The molecular weight excluding hydrogens is 381 g/mol. The van der Waals surface area contributed by atoms with Crippen LogP contribution in [0, 0.1) is 0 Å². The predicted octanol–water partition coefficient (Wildman–Crippen LogP) is 4.01. The number of halogens is 3. The van der Waals surface area contributed by atoms with Gasteiger partial charge in [0.25, 0.3) is 0 Å². The molecule has 0 atom stereocenters. The fraction of sp³-hybridized carbons (Fsp3) is 0.294. The minimum Gasteiger partial charge on any atom is -0.336 e. The molecule has 0 aliphatic heterocycles. The first-order valence-corrected chi connectivity index (χ1v) is 8.54.